The number of nitrogens with zero attached hydrogens (tertiary/aromatic N) is 2. The van der Waals surface area contributed by atoms with Crippen molar-refractivity contribution in [1.82, 2.24) is 9.80 Å². The lowest BCUT2D eigenvalue weighted by atomic mass is 10.2. The molecule has 4 nitrogen and oxygen atoms in total. The lowest BCUT2D eigenvalue weighted by Crippen LogP contribution is -2.59. The fourth-order valence-electron chi connectivity index (χ4n) is 1.54. The maximum Gasteiger partial charge on any atom is 0.527 e. The molecule has 0 saturated carbocycles. The molecule has 0 bridgehead atoms. The molecule has 0 aromatic carbocycles. The molecule has 126 valence electrons. The number of carbonyl (C=O) groups is 1. The molecule has 1 amide bonds. The van der Waals surface area contributed by atoms with Crippen molar-refractivity contribution in [3.8, 4) is 0 Å². The molecule has 1 rings (SSSR count). The van der Waals surface area contributed by atoms with Crippen molar-refractivity contribution >= 4 is 18.3 Å². The third-order valence-corrected chi connectivity index (χ3v) is 2.67. The van der Waals surface area contributed by atoms with E-state index in [9.17, 15) is 35.5 Å². The van der Waals surface area contributed by atoms with E-state index in [0.29, 0.717) is 4.90 Å². The third-order valence-electron chi connectivity index (χ3n) is 2.67. The maximum absolute atomic E-state index is 13.2. The standard InChI is InChI=1S/C9H11F7N2O2.ClH/c1-17-2-4-18(5-3-17)6(19)7(10,11)8(12,13)20-9(14,15)16;/h2-5H2,1H3;1H. The number of piperazine rings is 1. The average Bonchev–Trinajstić information content (AvgIpc) is 2.25. The third kappa shape index (κ3) is 4.85. The highest BCUT2D eigenvalue weighted by molar-refractivity contribution is 5.85. The number of carbonyl (C=O) groups excluding carboxylic acids is 1. The predicted octanol–water partition coefficient (Wildman–Crippen LogP) is 1.95. The van der Waals surface area contributed by atoms with Gasteiger partial charge in [-0.2, -0.15) is 17.6 Å². The van der Waals surface area contributed by atoms with E-state index in [1.807, 2.05) is 0 Å². The molecule has 0 radical (unpaired) electrons. The zero-order valence-electron chi connectivity index (χ0n) is 10.6. The summed E-state index contributed by atoms with van der Waals surface area (Å²) >= 11 is 0. The Hall–Kier alpha value is -0.810. The molecular weight excluding hydrogens is 337 g/mol. The molecule has 1 heterocycles. The van der Waals surface area contributed by atoms with E-state index in [1.54, 1.807) is 11.9 Å². The molecule has 0 aliphatic carbocycles. The summed E-state index contributed by atoms with van der Waals surface area (Å²) in [4.78, 5) is 13.3. The van der Waals surface area contributed by atoms with Crippen molar-refractivity contribution < 1.29 is 40.3 Å². The maximum atomic E-state index is 13.2. The van der Waals surface area contributed by atoms with E-state index < -0.39 is 24.3 Å². The monoisotopic (exact) mass is 348 g/mol. The summed E-state index contributed by atoms with van der Waals surface area (Å²) in [7, 11) is 1.61. The first kappa shape index (κ1) is 20.2. The highest BCUT2D eigenvalue weighted by Gasteiger charge is 2.68. The lowest BCUT2D eigenvalue weighted by Gasteiger charge is -2.35. The van der Waals surface area contributed by atoms with E-state index >= 15 is 0 Å². The van der Waals surface area contributed by atoms with Crippen LogP contribution in [-0.2, 0) is 9.53 Å². The minimum absolute atomic E-state index is 0. The summed E-state index contributed by atoms with van der Waals surface area (Å²) in [6, 6.07) is 0. The number of halogens is 8. The van der Waals surface area contributed by atoms with Gasteiger partial charge in [0, 0.05) is 26.2 Å². The Morgan fingerprint density at radius 1 is 0.952 bits per heavy atom. The van der Waals surface area contributed by atoms with Gasteiger partial charge in [0.1, 0.15) is 0 Å². The zero-order chi connectivity index (χ0) is 15.8. The molecule has 0 aromatic heterocycles. The highest BCUT2D eigenvalue weighted by atomic mass is 35.5. The Morgan fingerprint density at radius 2 is 1.38 bits per heavy atom. The number of hydrogen-bond donors (Lipinski definition) is 0. The van der Waals surface area contributed by atoms with Gasteiger partial charge in [0.25, 0.3) is 0 Å². The lowest BCUT2D eigenvalue weighted by molar-refractivity contribution is -0.458. The average molecular weight is 349 g/mol. The Balaban J connectivity index is 0.00000400. The second-order valence-electron chi connectivity index (χ2n) is 4.23. The van der Waals surface area contributed by atoms with Crippen molar-refractivity contribution in [2.45, 2.75) is 18.4 Å². The molecule has 0 spiro atoms. The first-order chi connectivity index (χ1) is 8.87. The largest absolute Gasteiger partial charge is 0.527 e. The summed E-state index contributed by atoms with van der Waals surface area (Å²) in [5.74, 6) is -7.99. The van der Waals surface area contributed by atoms with Crippen molar-refractivity contribution in [2.75, 3.05) is 33.2 Å². The van der Waals surface area contributed by atoms with Gasteiger partial charge in [-0.05, 0) is 7.05 Å². The molecule has 12 heteroatoms. The van der Waals surface area contributed by atoms with Gasteiger partial charge >= 0.3 is 24.3 Å². The topological polar surface area (TPSA) is 32.8 Å². The number of rotatable bonds is 3. The fraction of sp³-hybridized carbons (Fsp3) is 0.889. The minimum atomic E-state index is -5.99. The predicted molar refractivity (Wildman–Crippen MR) is 58.4 cm³/mol. The second-order valence-corrected chi connectivity index (χ2v) is 4.23. The number of ether oxygens (including phenoxy) is 1. The van der Waals surface area contributed by atoms with Crippen LogP contribution in [0.1, 0.15) is 0 Å². The SMILES string of the molecule is CN1CCN(C(=O)C(F)(F)C(F)(F)OC(F)(F)F)CC1.Cl. The van der Waals surface area contributed by atoms with E-state index in [4.69, 9.17) is 0 Å². The minimum Gasteiger partial charge on any atom is -0.335 e. The Labute approximate surface area is 121 Å². The van der Waals surface area contributed by atoms with Crippen molar-refractivity contribution in [2.24, 2.45) is 0 Å². The smallest absolute Gasteiger partial charge is 0.335 e. The molecule has 0 atom stereocenters. The van der Waals surface area contributed by atoms with Crippen LogP contribution in [0, 0.1) is 0 Å². The summed E-state index contributed by atoms with van der Waals surface area (Å²) in [5, 5.41) is 0. The van der Waals surface area contributed by atoms with Gasteiger partial charge in [0.05, 0.1) is 0 Å². The highest BCUT2D eigenvalue weighted by Crippen LogP contribution is 2.41. The van der Waals surface area contributed by atoms with Crippen LogP contribution in [0.2, 0.25) is 0 Å². The zero-order valence-corrected chi connectivity index (χ0v) is 11.4. The van der Waals surface area contributed by atoms with Crippen LogP contribution in [0.15, 0.2) is 0 Å². The molecule has 0 aromatic rings. The van der Waals surface area contributed by atoms with Gasteiger partial charge in [-0.3, -0.25) is 4.79 Å². The molecular formula is C9H12ClF7N2O2. The normalized spacial score (nSPS) is 18.4. The number of amides is 1. The van der Waals surface area contributed by atoms with E-state index in [1.165, 1.54) is 0 Å². The number of hydrogen-bond acceptors (Lipinski definition) is 3. The molecule has 1 aliphatic heterocycles. The fourth-order valence-corrected chi connectivity index (χ4v) is 1.54. The van der Waals surface area contributed by atoms with Crippen LogP contribution in [0.25, 0.3) is 0 Å². The number of alkyl halides is 7. The van der Waals surface area contributed by atoms with Gasteiger partial charge < -0.3 is 9.80 Å². The first-order valence-electron chi connectivity index (χ1n) is 5.37. The van der Waals surface area contributed by atoms with Crippen LogP contribution < -0.4 is 0 Å². The second kappa shape index (κ2) is 6.53. The molecule has 0 unspecified atom stereocenters. The van der Waals surface area contributed by atoms with Gasteiger partial charge in [0.15, 0.2) is 0 Å². The first-order valence-corrected chi connectivity index (χ1v) is 5.37. The van der Waals surface area contributed by atoms with Crippen LogP contribution in [0.3, 0.4) is 0 Å². The quantitative estimate of drug-likeness (QED) is 0.731. The van der Waals surface area contributed by atoms with Gasteiger partial charge in [-0.1, -0.05) is 0 Å². The van der Waals surface area contributed by atoms with Crippen LogP contribution >= 0.6 is 12.4 Å². The van der Waals surface area contributed by atoms with E-state index in [-0.39, 0.29) is 38.6 Å². The summed E-state index contributed by atoms with van der Waals surface area (Å²) < 4.78 is 89.2. The molecule has 1 fully saturated rings. The van der Waals surface area contributed by atoms with E-state index in [2.05, 4.69) is 4.74 Å². The summed E-state index contributed by atoms with van der Waals surface area (Å²) in [6.45, 7) is -0.277. The van der Waals surface area contributed by atoms with Crippen LogP contribution in [0.5, 0.6) is 0 Å². The molecule has 0 N–H and O–H groups in total. The van der Waals surface area contributed by atoms with Crippen molar-refractivity contribution in [3.63, 3.8) is 0 Å². The van der Waals surface area contributed by atoms with E-state index in [0.717, 1.165) is 0 Å². The van der Waals surface area contributed by atoms with Gasteiger partial charge in [-0.25, -0.2) is 4.74 Å². The summed E-state index contributed by atoms with van der Waals surface area (Å²) in [6.07, 6.45) is -12.0. The number of likely N-dealkylation sites (N-methyl/N-ethyl adjacent to an activating group) is 1. The summed E-state index contributed by atoms with van der Waals surface area (Å²) in [5.41, 5.74) is 0. The molecule has 21 heavy (non-hydrogen) atoms. The molecule has 1 aliphatic rings. The van der Waals surface area contributed by atoms with Crippen molar-refractivity contribution in [1.29, 1.82) is 0 Å². The van der Waals surface area contributed by atoms with Crippen LogP contribution in [0.4, 0.5) is 30.7 Å². The van der Waals surface area contributed by atoms with Crippen molar-refractivity contribution in [3.05, 3.63) is 0 Å². The van der Waals surface area contributed by atoms with Gasteiger partial charge in [0.2, 0.25) is 0 Å². The Kier molecular flexibility index (Phi) is 6.28. The van der Waals surface area contributed by atoms with Crippen LogP contribution in [-0.4, -0.2) is 67.3 Å². The van der Waals surface area contributed by atoms with Gasteiger partial charge in [-0.15, -0.1) is 25.6 Å². The Bertz CT molecular complexity index is 370. The Morgan fingerprint density at radius 3 is 1.76 bits per heavy atom. The molecule has 1 saturated heterocycles.